The first-order valence-corrected chi connectivity index (χ1v) is 7.33. The van der Waals surface area contributed by atoms with Gasteiger partial charge in [-0.1, -0.05) is 0 Å². The van der Waals surface area contributed by atoms with Crippen molar-refractivity contribution in [2.24, 2.45) is 5.92 Å². The van der Waals surface area contributed by atoms with Crippen molar-refractivity contribution >= 4 is 11.8 Å². The Bertz CT molecular complexity index is 185. The van der Waals surface area contributed by atoms with Gasteiger partial charge in [0.15, 0.2) is 0 Å². The molecule has 2 saturated heterocycles. The van der Waals surface area contributed by atoms with Gasteiger partial charge in [0.25, 0.3) is 0 Å². The van der Waals surface area contributed by atoms with Crippen molar-refractivity contribution in [3.63, 3.8) is 0 Å². The number of aliphatic hydroxyl groups excluding tert-OH is 1. The van der Waals surface area contributed by atoms with E-state index in [4.69, 9.17) is 9.84 Å². The summed E-state index contributed by atoms with van der Waals surface area (Å²) in [6, 6.07) is 0. The van der Waals surface area contributed by atoms with E-state index < -0.39 is 0 Å². The Morgan fingerprint density at radius 2 is 2.13 bits per heavy atom. The molecule has 2 nitrogen and oxygen atoms in total. The first kappa shape index (κ1) is 11.7. The van der Waals surface area contributed by atoms with E-state index in [-0.39, 0.29) is 5.60 Å². The second-order valence-corrected chi connectivity index (χ2v) is 6.09. The van der Waals surface area contributed by atoms with Crippen molar-refractivity contribution < 1.29 is 9.84 Å². The molecule has 2 heterocycles. The summed E-state index contributed by atoms with van der Waals surface area (Å²) < 4.78 is 6.04. The second-order valence-electron chi connectivity index (χ2n) is 4.87. The molecular formula is C12H22O2S. The third-order valence-corrected chi connectivity index (χ3v) is 4.76. The first-order chi connectivity index (χ1) is 7.35. The Balaban J connectivity index is 1.85. The van der Waals surface area contributed by atoms with Crippen LogP contribution in [0.2, 0.25) is 0 Å². The minimum atomic E-state index is 0.226. The van der Waals surface area contributed by atoms with Gasteiger partial charge in [0.1, 0.15) is 0 Å². The Hall–Kier alpha value is 0.270. The van der Waals surface area contributed by atoms with Gasteiger partial charge in [-0.25, -0.2) is 0 Å². The zero-order valence-corrected chi connectivity index (χ0v) is 10.2. The summed E-state index contributed by atoms with van der Waals surface area (Å²) >= 11 is 2.06. The fourth-order valence-electron chi connectivity index (χ4n) is 2.85. The van der Waals surface area contributed by atoms with Crippen LogP contribution >= 0.6 is 11.8 Å². The van der Waals surface area contributed by atoms with E-state index >= 15 is 0 Å². The zero-order chi connectivity index (χ0) is 10.6. The molecule has 3 heteroatoms. The summed E-state index contributed by atoms with van der Waals surface area (Å²) in [6.45, 7) is 1.29. The Kier molecular flexibility index (Phi) is 4.35. The molecule has 0 aromatic rings. The third kappa shape index (κ3) is 3.11. The summed E-state index contributed by atoms with van der Waals surface area (Å²) in [5, 5.41) is 8.86. The number of hydrogen-bond acceptors (Lipinski definition) is 3. The van der Waals surface area contributed by atoms with Gasteiger partial charge in [-0.3, -0.25) is 0 Å². The maximum absolute atomic E-state index is 8.86. The molecule has 0 saturated carbocycles. The van der Waals surface area contributed by atoms with E-state index in [9.17, 15) is 0 Å². The summed E-state index contributed by atoms with van der Waals surface area (Å²) in [4.78, 5) is 0. The van der Waals surface area contributed by atoms with Crippen molar-refractivity contribution in [2.75, 3.05) is 24.7 Å². The lowest BCUT2D eigenvalue weighted by atomic mass is 9.80. The van der Waals surface area contributed by atoms with E-state index in [0.717, 1.165) is 18.9 Å². The predicted molar refractivity (Wildman–Crippen MR) is 64.3 cm³/mol. The molecule has 0 aliphatic carbocycles. The van der Waals surface area contributed by atoms with Crippen LogP contribution < -0.4 is 0 Å². The molecule has 2 fully saturated rings. The summed E-state index contributed by atoms with van der Waals surface area (Å²) in [7, 11) is 0. The van der Waals surface area contributed by atoms with Gasteiger partial charge in [0.2, 0.25) is 0 Å². The average molecular weight is 230 g/mol. The smallest absolute Gasteiger partial charge is 0.0700 e. The Morgan fingerprint density at radius 3 is 2.87 bits per heavy atom. The molecule has 2 aliphatic rings. The maximum Gasteiger partial charge on any atom is 0.0700 e. The Labute approximate surface area is 96.8 Å². The fraction of sp³-hybridized carbons (Fsp3) is 1.00. The Morgan fingerprint density at radius 1 is 1.33 bits per heavy atom. The van der Waals surface area contributed by atoms with E-state index in [1.807, 2.05) is 0 Å². The van der Waals surface area contributed by atoms with E-state index in [2.05, 4.69) is 11.8 Å². The number of hydrogen-bond donors (Lipinski definition) is 1. The lowest BCUT2D eigenvalue weighted by Crippen LogP contribution is -2.42. The number of thioether (sulfide) groups is 1. The van der Waals surface area contributed by atoms with Crippen LogP contribution in [0.3, 0.4) is 0 Å². The molecule has 2 aliphatic heterocycles. The van der Waals surface area contributed by atoms with Crippen LogP contribution in [0, 0.1) is 5.92 Å². The van der Waals surface area contributed by atoms with Crippen LogP contribution in [0.4, 0.5) is 0 Å². The summed E-state index contributed by atoms with van der Waals surface area (Å²) in [5.74, 6) is 3.34. The van der Waals surface area contributed by atoms with Gasteiger partial charge in [0, 0.05) is 13.2 Å². The van der Waals surface area contributed by atoms with Crippen molar-refractivity contribution in [1.29, 1.82) is 0 Å². The number of ether oxygens (including phenoxy) is 1. The SMILES string of the molecule is OCCCC1CCOC2(CCSCC2)C1. The van der Waals surface area contributed by atoms with Crippen molar-refractivity contribution in [3.05, 3.63) is 0 Å². The molecule has 0 bridgehead atoms. The van der Waals surface area contributed by atoms with Gasteiger partial charge in [-0.2, -0.15) is 11.8 Å². The van der Waals surface area contributed by atoms with E-state index in [1.54, 1.807) is 0 Å². The minimum absolute atomic E-state index is 0.226. The quantitative estimate of drug-likeness (QED) is 0.807. The highest BCUT2D eigenvalue weighted by Gasteiger charge is 2.38. The van der Waals surface area contributed by atoms with Crippen LogP contribution in [0.5, 0.6) is 0 Å². The minimum Gasteiger partial charge on any atom is -0.396 e. The topological polar surface area (TPSA) is 29.5 Å². The molecule has 0 aromatic carbocycles. The molecule has 1 atom stereocenters. The summed E-state index contributed by atoms with van der Waals surface area (Å²) in [5.41, 5.74) is 0.226. The van der Waals surface area contributed by atoms with Crippen LogP contribution in [0.1, 0.15) is 38.5 Å². The van der Waals surface area contributed by atoms with Crippen LogP contribution in [0.25, 0.3) is 0 Å². The lowest BCUT2D eigenvalue weighted by molar-refractivity contribution is -0.103. The molecular weight excluding hydrogens is 208 g/mol. The van der Waals surface area contributed by atoms with E-state index in [0.29, 0.717) is 6.61 Å². The molecule has 1 spiro atoms. The van der Waals surface area contributed by atoms with Crippen molar-refractivity contribution in [3.8, 4) is 0 Å². The third-order valence-electron chi connectivity index (χ3n) is 3.77. The fourth-order valence-corrected chi connectivity index (χ4v) is 4.08. The second kappa shape index (κ2) is 5.55. The largest absolute Gasteiger partial charge is 0.396 e. The van der Waals surface area contributed by atoms with Crippen LogP contribution in [-0.2, 0) is 4.74 Å². The first-order valence-electron chi connectivity index (χ1n) is 6.17. The standard InChI is InChI=1S/C12H22O2S/c13-6-1-2-11-3-7-14-12(10-11)4-8-15-9-5-12/h11,13H,1-10H2. The number of rotatable bonds is 3. The number of aliphatic hydroxyl groups is 1. The molecule has 2 rings (SSSR count). The zero-order valence-electron chi connectivity index (χ0n) is 9.41. The maximum atomic E-state index is 8.86. The van der Waals surface area contributed by atoms with Gasteiger partial charge in [-0.05, 0) is 55.9 Å². The predicted octanol–water partition coefficient (Wildman–Crippen LogP) is 2.45. The average Bonchev–Trinajstić information content (AvgIpc) is 2.28. The van der Waals surface area contributed by atoms with Crippen molar-refractivity contribution in [2.45, 2.75) is 44.1 Å². The van der Waals surface area contributed by atoms with Gasteiger partial charge >= 0.3 is 0 Å². The van der Waals surface area contributed by atoms with Crippen LogP contribution in [-0.4, -0.2) is 35.4 Å². The molecule has 0 aromatic heterocycles. The molecule has 1 N–H and O–H groups in total. The highest BCUT2D eigenvalue weighted by Crippen LogP contribution is 2.40. The normalized spacial score (nSPS) is 30.6. The van der Waals surface area contributed by atoms with E-state index in [1.165, 1.54) is 43.6 Å². The van der Waals surface area contributed by atoms with Crippen molar-refractivity contribution in [1.82, 2.24) is 0 Å². The highest BCUT2D eigenvalue weighted by atomic mass is 32.2. The highest BCUT2D eigenvalue weighted by molar-refractivity contribution is 7.99. The molecule has 88 valence electrons. The van der Waals surface area contributed by atoms with Crippen LogP contribution in [0.15, 0.2) is 0 Å². The lowest BCUT2D eigenvalue weighted by Gasteiger charge is -2.43. The monoisotopic (exact) mass is 230 g/mol. The molecule has 0 amide bonds. The molecule has 15 heavy (non-hydrogen) atoms. The van der Waals surface area contributed by atoms with Gasteiger partial charge in [-0.15, -0.1) is 0 Å². The molecule has 1 unspecified atom stereocenters. The summed E-state index contributed by atoms with van der Waals surface area (Å²) in [6.07, 6.45) is 7.09. The molecule has 0 radical (unpaired) electrons. The van der Waals surface area contributed by atoms with Gasteiger partial charge in [0.05, 0.1) is 5.60 Å². The van der Waals surface area contributed by atoms with Gasteiger partial charge < -0.3 is 9.84 Å².